The van der Waals surface area contributed by atoms with Gasteiger partial charge in [0.05, 0.1) is 12.5 Å². The monoisotopic (exact) mass is 274 g/mol. The molecule has 18 heavy (non-hydrogen) atoms. The number of carbonyl (C=O) groups excluding carboxylic acids is 1. The average Bonchev–Trinajstić information content (AvgIpc) is 2.80. The van der Waals surface area contributed by atoms with E-state index in [1.807, 2.05) is 13.8 Å². The molecule has 0 aliphatic carbocycles. The Morgan fingerprint density at radius 2 is 2.22 bits per heavy atom. The summed E-state index contributed by atoms with van der Waals surface area (Å²) >= 11 is 0. The van der Waals surface area contributed by atoms with Crippen molar-refractivity contribution >= 4 is 15.9 Å². The SMILES string of the molecule is CC(C)CNC(=O)CCNS(=O)(=O)c1cnc[nH]1. The molecule has 1 aromatic rings. The van der Waals surface area contributed by atoms with Gasteiger partial charge in [-0.1, -0.05) is 13.8 Å². The molecule has 0 aliphatic heterocycles. The molecular formula is C10H18N4O3S. The lowest BCUT2D eigenvalue weighted by molar-refractivity contribution is -0.121. The predicted octanol–water partition coefficient (Wildman–Crippen LogP) is -0.150. The zero-order valence-electron chi connectivity index (χ0n) is 10.4. The number of amides is 1. The minimum atomic E-state index is -3.59. The molecule has 3 N–H and O–H groups in total. The zero-order chi connectivity index (χ0) is 13.6. The van der Waals surface area contributed by atoms with Gasteiger partial charge < -0.3 is 10.3 Å². The van der Waals surface area contributed by atoms with E-state index in [9.17, 15) is 13.2 Å². The highest BCUT2D eigenvalue weighted by molar-refractivity contribution is 7.89. The Hall–Kier alpha value is -1.41. The molecule has 0 atom stereocenters. The number of H-pyrrole nitrogens is 1. The first-order chi connectivity index (χ1) is 8.42. The second-order valence-electron chi connectivity index (χ2n) is 4.26. The fraction of sp³-hybridized carbons (Fsp3) is 0.600. The Morgan fingerprint density at radius 3 is 2.78 bits per heavy atom. The topological polar surface area (TPSA) is 104 Å². The first-order valence-corrected chi connectivity index (χ1v) is 7.15. The van der Waals surface area contributed by atoms with Crippen LogP contribution in [0.15, 0.2) is 17.6 Å². The van der Waals surface area contributed by atoms with Gasteiger partial charge in [0.15, 0.2) is 5.03 Å². The molecule has 0 saturated carbocycles. The second kappa shape index (κ2) is 6.50. The van der Waals surface area contributed by atoms with Crippen LogP contribution >= 0.6 is 0 Å². The van der Waals surface area contributed by atoms with Crippen molar-refractivity contribution in [3.63, 3.8) is 0 Å². The minimum Gasteiger partial charge on any atom is -0.356 e. The summed E-state index contributed by atoms with van der Waals surface area (Å²) in [6, 6.07) is 0. The van der Waals surface area contributed by atoms with Crippen molar-refractivity contribution in [1.29, 1.82) is 0 Å². The van der Waals surface area contributed by atoms with E-state index in [1.165, 1.54) is 12.5 Å². The lowest BCUT2D eigenvalue weighted by atomic mass is 10.2. The van der Waals surface area contributed by atoms with Crippen molar-refractivity contribution in [1.82, 2.24) is 20.0 Å². The third kappa shape index (κ3) is 4.84. The molecule has 8 heteroatoms. The molecule has 0 spiro atoms. The molecule has 0 unspecified atom stereocenters. The van der Waals surface area contributed by atoms with Gasteiger partial charge in [0.1, 0.15) is 0 Å². The summed E-state index contributed by atoms with van der Waals surface area (Å²) < 4.78 is 25.6. The smallest absolute Gasteiger partial charge is 0.257 e. The third-order valence-corrected chi connectivity index (χ3v) is 3.50. The van der Waals surface area contributed by atoms with Gasteiger partial charge in [-0.05, 0) is 5.92 Å². The molecule has 1 aromatic heterocycles. The van der Waals surface area contributed by atoms with Gasteiger partial charge in [-0.3, -0.25) is 4.79 Å². The molecule has 0 aromatic carbocycles. The quantitative estimate of drug-likeness (QED) is 0.643. The normalized spacial score (nSPS) is 11.7. The number of nitrogens with one attached hydrogen (secondary N) is 3. The number of imidazole rings is 1. The van der Waals surface area contributed by atoms with Crippen molar-refractivity contribution in [3.8, 4) is 0 Å². The van der Waals surface area contributed by atoms with Crippen LogP contribution in [-0.4, -0.2) is 37.4 Å². The standard InChI is InChI=1S/C10H18N4O3S/c1-8(2)5-12-9(15)3-4-14-18(16,17)10-6-11-7-13-10/h6-8,14H,3-5H2,1-2H3,(H,11,13)(H,12,15). The van der Waals surface area contributed by atoms with Gasteiger partial charge >= 0.3 is 0 Å². The highest BCUT2D eigenvalue weighted by atomic mass is 32.2. The Morgan fingerprint density at radius 1 is 1.50 bits per heavy atom. The van der Waals surface area contributed by atoms with E-state index in [0.29, 0.717) is 12.5 Å². The van der Waals surface area contributed by atoms with Crippen LogP contribution in [0.2, 0.25) is 0 Å². The van der Waals surface area contributed by atoms with Gasteiger partial charge in [0, 0.05) is 19.5 Å². The van der Waals surface area contributed by atoms with Gasteiger partial charge in [0.25, 0.3) is 10.0 Å². The van der Waals surface area contributed by atoms with Crippen LogP contribution in [0.1, 0.15) is 20.3 Å². The Labute approximate surface area is 106 Å². The van der Waals surface area contributed by atoms with Crippen molar-refractivity contribution < 1.29 is 13.2 Å². The highest BCUT2D eigenvalue weighted by Gasteiger charge is 2.15. The maximum Gasteiger partial charge on any atom is 0.257 e. The van der Waals surface area contributed by atoms with Crippen LogP contribution in [0.5, 0.6) is 0 Å². The van der Waals surface area contributed by atoms with Crippen LogP contribution in [0, 0.1) is 5.92 Å². The Bertz CT molecular complexity index is 467. The fourth-order valence-electron chi connectivity index (χ4n) is 1.17. The molecule has 0 fully saturated rings. The molecule has 7 nitrogen and oxygen atoms in total. The number of carbonyl (C=O) groups is 1. The molecule has 102 valence electrons. The van der Waals surface area contributed by atoms with Gasteiger partial charge in [0.2, 0.25) is 5.91 Å². The maximum atomic E-state index is 11.6. The lowest BCUT2D eigenvalue weighted by Crippen LogP contribution is -2.32. The minimum absolute atomic E-state index is 0.00918. The van der Waals surface area contributed by atoms with Crippen molar-refractivity contribution in [2.75, 3.05) is 13.1 Å². The van der Waals surface area contributed by atoms with Crippen molar-refractivity contribution in [3.05, 3.63) is 12.5 Å². The van der Waals surface area contributed by atoms with Crippen LogP contribution in [0.3, 0.4) is 0 Å². The highest BCUT2D eigenvalue weighted by Crippen LogP contribution is 2.01. The summed E-state index contributed by atoms with van der Waals surface area (Å²) in [5.41, 5.74) is 0. The van der Waals surface area contributed by atoms with Crippen LogP contribution in [0.25, 0.3) is 0 Å². The number of aromatic nitrogens is 2. The van der Waals surface area contributed by atoms with Crippen molar-refractivity contribution in [2.45, 2.75) is 25.3 Å². The summed E-state index contributed by atoms with van der Waals surface area (Å²) in [7, 11) is -3.59. The lowest BCUT2D eigenvalue weighted by Gasteiger charge is -2.08. The number of rotatable bonds is 7. The summed E-state index contributed by atoms with van der Waals surface area (Å²) in [6.07, 6.45) is 2.60. The summed E-state index contributed by atoms with van der Waals surface area (Å²) in [5.74, 6) is 0.201. The molecule has 1 rings (SSSR count). The van der Waals surface area contributed by atoms with Crippen LogP contribution in [0.4, 0.5) is 0 Å². The second-order valence-corrected chi connectivity index (χ2v) is 6.00. The molecule has 0 aliphatic rings. The van der Waals surface area contributed by atoms with E-state index in [4.69, 9.17) is 0 Å². The molecule has 0 saturated heterocycles. The summed E-state index contributed by atoms with van der Waals surface area (Å²) in [4.78, 5) is 17.5. The molecule has 0 radical (unpaired) electrons. The van der Waals surface area contributed by atoms with Gasteiger partial charge in [-0.15, -0.1) is 0 Å². The molecular weight excluding hydrogens is 256 g/mol. The molecule has 1 amide bonds. The summed E-state index contributed by atoms with van der Waals surface area (Å²) in [5, 5.41) is 2.70. The van der Waals surface area contributed by atoms with E-state index in [0.717, 1.165) is 0 Å². The fourth-order valence-corrected chi connectivity index (χ4v) is 2.11. The zero-order valence-corrected chi connectivity index (χ0v) is 11.3. The number of sulfonamides is 1. The first-order valence-electron chi connectivity index (χ1n) is 5.66. The van der Waals surface area contributed by atoms with E-state index < -0.39 is 10.0 Å². The van der Waals surface area contributed by atoms with Crippen LogP contribution in [-0.2, 0) is 14.8 Å². The van der Waals surface area contributed by atoms with E-state index in [1.54, 1.807) is 0 Å². The third-order valence-electron chi connectivity index (χ3n) is 2.11. The molecule has 1 heterocycles. The van der Waals surface area contributed by atoms with E-state index in [-0.39, 0.29) is 23.9 Å². The number of hydrogen-bond donors (Lipinski definition) is 3. The van der Waals surface area contributed by atoms with Crippen molar-refractivity contribution in [2.24, 2.45) is 5.92 Å². The predicted molar refractivity (Wildman–Crippen MR) is 66.2 cm³/mol. The number of aromatic amines is 1. The van der Waals surface area contributed by atoms with Gasteiger partial charge in [-0.2, -0.15) is 0 Å². The average molecular weight is 274 g/mol. The summed E-state index contributed by atoms with van der Waals surface area (Å²) in [6.45, 7) is 4.62. The number of nitrogens with zero attached hydrogens (tertiary/aromatic N) is 1. The maximum absolute atomic E-state index is 11.6. The van der Waals surface area contributed by atoms with E-state index in [2.05, 4.69) is 20.0 Å². The largest absolute Gasteiger partial charge is 0.356 e. The Balaban J connectivity index is 2.32. The first kappa shape index (κ1) is 14.7. The Kier molecular flexibility index (Phi) is 5.29. The van der Waals surface area contributed by atoms with E-state index >= 15 is 0 Å². The van der Waals surface area contributed by atoms with Gasteiger partial charge in [-0.25, -0.2) is 18.1 Å². The molecule has 0 bridgehead atoms. The number of hydrogen-bond acceptors (Lipinski definition) is 4. The van der Waals surface area contributed by atoms with Crippen LogP contribution < -0.4 is 10.0 Å².